The molecule has 0 saturated carbocycles. The number of nitrogens with one attached hydrogen (secondary N) is 1. The van der Waals surface area contributed by atoms with Gasteiger partial charge in [0.2, 0.25) is 0 Å². The van der Waals surface area contributed by atoms with E-state index in [0.29, 0.717) is 19.4 Å². The van der Waals surface area contributed by atoms with Gasteiger partial charge in [-0.25, -0.2) is 0 Å². The molecule has 1 aromatic heterocycles. The molecule has 1 saturated heterocycles. The van der Waals surface area contributed by atoms with Crippen molar-refractivity contribution in [3.05, 3.63) is 23.0 Å². The summed E-state index contributed by atoms with van der Waals surface area (Å²) in [6.45, 7) is 5.27. The highest BCUT2D eigenvalue weighted by Crippen LogP contribution is 2.34. The number of pyridine rings is 1. The molecule has 0 radical (unpaired) electrons. The summed E-state index contributed by atoms with van der Waals surface area (Å²) in [6.07, 6.45) is 3.77. The molecule has 5 nitrogen and oxygen atoms in total. The van der Waals surface area contributed by atoms with Gasteiger partial charge in [-0.3, -0.25) is 9.78 Å². The molecule has 2 rings (SSSR count). The van der Waals surface area contributed by atoms with E-state index in [0.717, 1.165) is 35.5 Å². The standard InChI is InChI=1S/C15H22N2O3/c1-10-8-17-12(11(2)13(10)20-3)7-15(14(18)19)5-4-6-16-9-15/h8,16H,4-7,9H2,1-3H3,(H,18,19). The molecule has 110 valence electrons. The first-order valence-electron chi connectivity index (χ1n) is 6.93. The van der Waals surface area contributed by atoms with Crippen LogP contribution in [0.15, 0.2) is 6.20 Å². The van der Waals surface area contributed by atoms with Crippen molar-refractivity contribution in [1.29, 1.82) is 0 Å². The van der Waals surface area contributed by atoms with Gasteiger partial charge in [0, 0.05) is 36.0 Å². The second-order valence-corrected chi connectivity index (χ2v) is 5.59. The van der Waals surface area contributed by atoms with Gasteiger partial charge in [0.25, 0.3) is 0 Å². The van der Waals surface area contributed by atoms with Gasteiger partial charge in [0.05, 0.1) is 12.5 Å². The summed E-state index contributed by atoms with van der Waals surface area (Å²) in [7, 11) is 1.63. The highest BCUT2D eigenvalue weighted by atomic mass is 16.5. The molecule has 1 aliphatic rings. The van der Waals surface area contributed by atoms with Crippen molar-refractivity contribution in [2.45, 2.75) is 33.1 Å². The molecule has 0 amide bonds. The minimum absolute atomic E-state index is 0.442. The van der Waals surface area contributed by atoms with Crippen LogP contribution in [0, 0.1) is 19.3 Å². The van der Waals surface area contributed by atoms with Crippen LogP contribution in [0.25, 0.3) is 0 Å². The number of carboxylic acids is 1. The van der Waals surface area contributed by atoms with Crippen LogP contribution in [0.2, 0.25) is 0 Å². The van der Waals surface area contributed by atoms with E-state index >= 15 is 0 Å². The van der Waals surface area contributed by atoms with Gasteiger partial charge in [-0.05, 0) is 33.2 Å². The summed E-state index contributed by atoms with van der Waals surface area (Å²) in [5, 5.41) is 12.8. The van der Waals surface area contributed by atoms with Gasteiger partial charge in [0.1, 0.15) is 5.75 Å². The third-order valence-electron chi connectivity index (χ3n) is 4.18. The first-order valence-corrected chi connectivity index (χ1v) is 6.93. The van der Waals surface area contributed by atoms with Gasteiger partial charge < -0.3 is 15.2 Å². The second kappa shape index (κ2) is 5.79. The fraction of sp³-hybridized carbons (Fsp3) is 0.600. The molecule has 1 fully saturated rings. The van der Waals surface area contributed by atoms with Crippen molar-refractivity contribution in [1.82, 2.24) is 10.3 Å². The highest BCUT2D eigenvalue weighted by Gasteiger charge is 2.40. The fourth-order valence-electron chi connectivity index (χ4n) is 2.95. The smallest absolute Gasteiger partial charge is 0.311 e. The van der Waals surface area contributed by atoms with Crippen molar-refractivity contribution < 1.29 is 14.6 Å². The van der Waals surface area contributed by atoms with Crippen LogP contribution in [0.5, 0.6) is 5.75 Å². The van der Waals surface area contributed by atoms with Gasteiger partial charge in [-0.1, -0.05) is 0 Å². The summed E-state index contributed by atoms with van der Waals surface area (Å²) in [4.78, 5) is 16.2. The zero-order valence-corrected chi connectivity index (χ0v) is 12.3. The Hall–Kier alpha value is -1.62. The fourth-order valence-corrected chi connectivity index (χ4v) is 2.95. The number of methoxy groups -OCH3 is 1. The van der Waals surface area contributed by atoms with E-state index in [9.17, 15) is 9.90 Å². The zero-order valence-electron chi connectivity index (χ0n) is 12.3. The maximum absolute atomic E-state index is 11.7. The number of hydrogen-bond donors (Lipinski definition) is 2. The maximum Gasteiger partial charge on any atom is 0.311 e. The number of rotatable bonds is 4. The Morgan fingerprint density at radius 2 is 2.30 bits per heavy atom. The molecular formula is C15H22N2O3. The molecule has 1 unspecified atom stereocenters. The number of nitrogens with zero attached hydrogens (tertiary/aromatic N) is 1. The Kier molecular flexibility index (Phi) is 4.28. The molecule has 0 spiro atoms. The third kappa shape index (κ3) is 2.63. The van der Waals surface area contributed by atoms with Crippen molar-refractivity contribution in [3.8, 4) is 5.75 Å². The quantitative estimate of drug-likeness (QED) is 0.877. The summed E-state index contributed by atoms with van der Waals surface area (Å²) in [5.74, 6) is 0.0600. The van der Waals surface area contributed by atoms with E-state index in [1.807, 2.05) is 13.8 Å². The van der Waals surface area contributed by atoms with Crippen molar-refractivity contribution >= 4 is 5.97 Å². The SMILES string of the molecule is COc1c(C)cnc(CC2(C(=O)O)CCCNC2)c1C. The molecule has 5 heteroatoms. The van der Waals surface area contributed by atoms with Crippen molar-refractivity contribution in [2.75, 3.05) is 20.2 Å². The average Bonchev–Trinajstić information content (AvgIpc) is 2.43. The van der Waals surface area contributed by atoms with Gasteiger partial charge >= 0.3 is 5.97 Å². The molecule has 0 bridgehead atoms. The molecule has 20 heavy (non-hydrogen) atoms. The zero-order chi connectivity index (χ0) is 14.8. The Bertz CT molecular complexity index is 508. The lowest BCUT2D eigenvalue weighted by molar-refractivity contribution is -0.150. The molecule has 1 aliphatic heterocycles. The Morgan fingerprint density at radius 1 is 1.55 bits per heavy atom. The van der Waals surface area contributed by atoms with Gasteiger partial charge in [-0.15, -0.1) is 0 Å². The first kappa shape index (κ1) is 14.8. The number of aromatic nitrogens is 1. The van der Waals surface area contributed by atoms with Crippen LogP contribution < -0.4 is 10.1 Å². The number of aryl methyl sites for hydroxylation is 1. The largest absolute Gasteiger partial charge is 0.496 e. The molecule has 0 aromatic carbocycles. The van der Waals surface area contributed by atoms with Crippen LogP contribution in [0.4, 0.5) is 0 Å². The number of aliphatic carboxylic acids is 1. The van der Waals surface area contributed by atoms with E-state index in [1.165, 1.54) is 0 Å². The normalized spacial score (nSPS) is 22.6. The van der Waals surface area contributed by atoms with Crippen LogP contribution in [-0.2, 0) is 11.2 Å². The summed E-state index contributed by atoms with van der Waals surface area (Å²) in [6, 6.07) is 0. The van der Waals surface area contributed by atoms with Crippen molar-refractivity contribution in [2.24, 2.45) is 5.41 Å². The Labute approximate surface area is 119 Å². The van der Waals surface area contributed by atoms with E-state index in [-0.39, 0.29) is 0 Å². The number of ether oxygens (including phenoxy) is 1. The van der Waals surface area contributed by atoms with Crippen molar-refractivity contribution in [3.63, 3.8) is 0 Å². The number of hydrogen-bond acceptors (Lipinski definition) is 4. The number of carboxylic acid groups (broad SMARTS) is 1. The Balaban J connectivity index is 2.34. The lowest BCUT2D eigenvalue weighted by atomic mass is 9.76. The van der Waals surface area contributed by atoms with Crippen LogP contribution in [-0.4, -0.2) is 36.3 Å². The molecule has 2 N–H and O–H groups in total. The monoisotopic (exact) mass is 278 g/mol. The van der Waals surface area contributed by atoms with Gasteiger partial charge in [0.15, 0.2) is 0 Å². The predicted octanol–water partition coefficient (Wildman–Crippen LogP) is 1.70. The molecule has 1 atom stereocenters. The maximum atomic E-state index is 11.7. The number of carbonyl (C=O) groups is 1. The second-order valence-electron chi connectivity index (χ2n) is 5.59. The molecule has 1 aromatic rings. The summed E-state index contributed by atoms with van der Waals surface area (Å²) >= 11 is 0. The molecular weight excluding hydrogens is 256 g/mol. The Morgan fingerprint density at radius 3 is 2.85 bits per heavy atom. The van der Waals surface area contributed by atoms with Gasteiger partial charge in [-0.2, -0.15) is 0 Å². The topological polar surface area (TPSA) is 71.5 Å². The summed E-state index contributed by atoms with van der Waals surface area (Å²) in [5.41, 5.74) is 1.98. The van der Waals surface area contributed by atoms with Crippen LogP contribution in [0.3, 0.4) is 0 Å². The van der Waals surface area contributed by atoms with Crippen LogP contribution >= 0.6 is 0 Å². The highest BCUT2D eigenvalue weighted by molar-refractivity contribution is 5.75. The average molecular weight is 278 g/mol. The van der Waals surface area contributed by atoms with E-state index in [2.05, 4.69) is 10.3 Å². The lowest BCUT2D eigenvalue weighted by Crippen LogP contribution is -2.47. The number of piperidine rings is 1. The minimum atomic E-state index is -0.754. The molecule has 2 heterocycles. The first-order chi connectivity index (χ1) is 9.50. The van der Waals surface area contributed by atoms with E-state index in [1.54, 1.807) is 13.3 Å². The summed E-state index contributed by atoms with van der Waals surface area (Å²) < 4.78 is 5.40. The van der Waals surface area contributed by atoms with E-state index < -0.39 is 11.4 Å². The minimum Gasteiger partial charge on any atom is -0.496 e. The van der Waals surface area contributed by atoms with E-state index in [4.69, 9.17) is 4.74 Å². The lowest BCUT2D eigenvalue weighted by Gasteiger charge is -2.34. The van der Waals surface area contributed by atoms with Crippen LogP contribution in [0.1, 0.15) is 29.7 Å². The molecule has 0 aliphatic carbocycles. The predicted molar refractivity (Wildman–Crippen MR) is 76.1 cm³/mol. The third-order valence-corrected chi connectivity index (χ3v) is 4.18.